The van der Waals surface area contributed by atoms with Crippen LogP contribution in [0.4, 0.5) is 4.79 Å². The minimum absolute atomic E-state index is 0.0118. The first-order valence-corrected chi connectivity index (χ1v) is 19.1. The van der Waals surface area contributed by atoms with Crippen LogP contribution in [-0.2, 0) is 35.8 Å². The largest absolute Gasteiger partial charge is 0.497 e. The lowest BCUT2D eigenvalue weighted by molar-refractivity contribution is -0.142. The fourth-order valence-corrected chi connectivity index (χ4v) is 7.96. The van der Waals surface area contributed by atoms with Crippen molar-refractivity contribution in [1.29, 1.82) is 0 Å². The molecule has 3 N–H and O–H groups in total. The highest BCUT2D eigenvalue weighted by atomic mass is 32.2. The number of likely N-dealkylation sites (tertiary alicyclic amines) is 1. The number of sulfonamides is 1. The summed E-state index contributed by atoms with van der Waals surface area (Å²) in [4.78, 5) is 61.1. The summed E-state index contributed by atoms with van der Waals surface area (Å²) in [5.74, 6) is -1.69. The van der Waals surface area contributed by atoms with Crippen LogP contribution in [0.1, 0.15) is 52.0 Å². The highest BCUT2D eigenvalue weighted by Crippen LogP contribution is 2.45. The van der Waals surface area contributed by atoms with Gasteiger partial charge in [-0.15, -0.1) is 6.58 Å². The van der Waals surface area contributed by atoms with Crippen molar-refractivity contribution in [3.05, 3.63) is 79.0 Å². The molecule has 53 heavy (non-hydrogen) atoms. The number of fused-ring (bicyclic) bond motifs is 1. The van der Waals surface area contributed by atoms with Gasteiger partial charge in [-0.1, -0.05) is 57.2 Å². The monoisotopic (exact) mass is 747 g/mol. The van der Waals surface area contributed by atoms with E-state index in [4.69, 9.17) is 14.2 Å². The van der Waals surface area contributed by atoms with Gasteiger partial charge in [0.2, 0.25) is 27.7 Å². The fraction of sp³-hybridized carbons (Fsp3) is 0.447. The first-order chi connectivity index (χ1) is 25.1. The van der Waals surface area contributed by atoms with Gasteiger partial charge in [-0.05, 0) is 59.9 Å². The van der Waals surface area contributed by atoms with E-state index >= 15 is 0 Å². The number of alkyl carbamates (subject to hydrolysis) is 1. The van der Waals surface area contributed by atoms with Crippen molar-refractivity contribution in [3.8, 4) is 11.6 Å². The van der Waals surface area contributed by atoms with Crippen molar-refractivity contribution in [2.45, 2.75) is 82.0 Å². The van der Waals surface area contributed by atoms with Crippen molar-refractivity contribution in [3.63, 3.8) is 0 Å². The molecule has 1 saturated heterocycles. The van der Waals surface area contributed by atoms with Gasteiger partial charge in [0.05, 0.1) is 18.9 Å². The van der Waals surface area contributed by atoms with Gasteiger partial charge in [0.1, 0.15) is 36.1 Å². The molecular weight excluding hydrogens is 703 g/mol. The number of nitrogens with one attached hydrogen (secondary N) is 3. The van der Waals surface area contributed by atoms with Crippen molar-refractivity contribution in [2.24, 2.45) is 11.3 Å². The minimum atomic E-state index is -3.90. The van der Waals surface area contributed by atoms with E-state index in [0.29, 0.717) is 24.0 Å². The van der Waals surface area contributed by atoms with E-state index < -0.39 is 74.1 Å². The van der Waals surface area contributed by atoms with Crippen LogP contribution in [0.3, 0.4) is 0 Å². The van der Waals surface area contributed by atoms with Gasteiger partial charge >= 0.3 is 6.09 Å². The number of hydrogen-bond acceptors (Lipinski definition) is 10. The van der Waals surface area contributed by atoms with Crippen LogP contribution < -0.4 is 24.8 Å². The molecule has 0 bridgehead atoms. The quantitative estimate of drug-likeness (QED) is 0.219. The summed E-state index contributed by atoms with van der Waals surface area (Å²) in [6, 6.07) is 14.0. The predicted octanol–water partition coefficient (Wildman–Crippen LogP) is 3.60. The Balaban J connectivity index is 1.26. The van der Waals surface area contributed by atoms with Gasteiger partial charge in [-0.3, -0.25) is 19.1 Å². The Kier molecular flexibility index (Phi) is 10.4. The van der Waals surface area contributed by atoms with Crippen molar-refractivity contribution < 1.29 is 41.8 Å². The highest BCUT2D eigenvalue weighted by molar-refractivity contribution is 7.91. The molecule has 15 heteroatoms. The van der Waals surface area contributed by atoms with Crippen LogP contribution in [0, 0.1) is 11.3 Å². The van der Waals surface area contributed by atoms with Gasteiger partial charge in [-0.25, -0.2) is 18.2 Å². The summed E-state index contributed by atoms with van der Waals surface area (Å²) in [6.45, 7) is 9.02. The molecule has 0 spiro atoms. The zero-order valence-corrected chi connectivity index (χ0v) is 31.0. The first-order valence-electron chi connectivity index (χ1n) is 17.5. The molecule has 2 aliphatic carbocycles. The number of benzene rings is 2. The summed E-state index contributed by atoms with van der Waals surface area (Å²) in [6.07, 6.45) is 2.59. The lowest BCUT2D eigenvalue weighted by Crippen LogP contribution is -2.60. The third-order valence-corrected chi connectivity index (χ3v) is 11.7. The molecule has 5 atom stereocenters. The lowest BCUT2D eigenvalue weighted by atomic mass is 9.85. The Morgan fingerprint density at radius 1 is 1.09 bits per heavy atom. The second-order valence-electron chi connectivity index (χ2n) is 14.9. The molecule has 2 aromatic carbocycles. The normalized spacial score (nSPS) is 23.0. The van der Waals surface area contributed by atoms with E-state index in [1.54, 1.807) is 58.3 Å². The molecular formula is C38H45N5O9S. The van der Waals surface area contributed by atoms with Gasteiger partial charge in [0.15, 0.2) is 0 Å². The maximum Gasteiger partial charge on any atom is 0.408 e. The Bertz CT molecular complexity index is 2010. The van der Waals surface area contributed by atoms with E-state index in [0.717, 1.165) is 10.9 Å². The molecule has 282 valence electrons. The summed E-state index contributed by atoms with van der Waals surface area (Å²) >= 11 is 0. The van der Waals surface area contributed by atoms with E-state index in [1.165, 1.54) is 11.0 Å². The second kappa shape index (κ2) is 14.7. The molecule has 1 aromatic heterocycles. The van der Waals surface area contributed by atoms with E-state index in [9.17, 15) is 27.6 Å². The van der Waals surface area contributed by atoms with Crippen LogP contribution in [-0.4, -0.2) is 84.7 Å². The molecule has 4 amide bonds. The third kappa shape index (κ3) is 8.24. The maximum absolute atomic E-state index is 14.5. The maximum atomic E-state index is 14.5. The molecule has 3 aromatic rings. The molecule has 5 unspecified atom stereocenters. The summed E-state index contributed by atoms with van der Waals surface area (Å²) in [5, 5.41) is 6.34. The predicted molar refractivity (Wildman–Crippen MR) is 195 cm³/mol. The Labute approximate surface area is 308 Å². The summed E-state index contributed by atoms with van der Waals surface area (Å²) in [7, 11) is -2.34. The van der Waals surface area contributed by atoms with Crippen LogP contribution in [0.5, 0.6) is 11.6 Å². The third-order valence-electron chi connectivity index (χ3n) is 9.90. The van der Waals surface area contributed by atoms with E-state index in [-0.39, 0.29) is 31.9 Å². The van der Waals surface area contributed by atoms with E-state index in [1.807, 2.05) is 30.3 Å². The standard InChI is InChI=1S/C38H45N5O9S/c1-6-25-20-38(25,35(46)42-53(48,49)28-13-14-28)41-32(44)30-19-27(52-33-29-15-12-26(50-5)18-24(29)16-17-39-33)21-43(30)34(45)31(37(2,3)4)40-36(47)51-22-23-10-8-7-9-11-23/h6-12,15-18,25,27-28,30-31H,1,13-14,19-22H2,2-5H3,(H,40,47)(H,41,44)(H,42,46). The Morgan fingerprint density at radius 2 is 1.83 bits per heavy atom. The number of hydrogen-bond donors (Lipinski definition) is 3. The van der Waals surface area contributed by atoms with Crippen LogP contribution in [0.15, 0.2) is 73.4 Å². The van der Waals surface area contributed by atoms with Crippen LogP contribution in [0.2, 0.25) is 0 Å². The number of rotatable bonds is 13. The SMILES string of the molecule is C=CC1CC1(NC(=O)C1CC(Oc2nccc3cc(OC)ccc23)CN1C(=O)C(NC(=O)OCc1ccccc1)C(C)(C)C)C(=O)NS(=O)(=O)C1CC1. The first kappa shape index (κ1) is 37.6. The highest BCUT2D eigenvalue weighted by Gasteiger charge is 2.62. The molecule has 14 nitrogen and oxygen atoms in total. The Morgan fingerprint density at radius 3 is 2.47 bits per heavy atom. The second-order valence-corrected chi connectivity index (χ2v) is 16.8. The molecule has 6 rings (SSSR count). The fourth-order valence-electron chi connectivity index (χ4n) is 6.60. The molecule has 2 heterocycles. The smallest absolute Gasteiger partial charge is 0.408 e. The number of amides is 4. The number of pyridine rings is 1. The zero-order chi connectivity index (χ0) is 38.1. The molecule has 3 aliphatic rings. The van der Waals surface area contributed by atoms with Crippen LogP contribution >= 0.6 is 0 Å². The van der Waals surface area contributed by atoms with Gasteiger partial charge in [0.25, 0.3) is 5.91 Å². The topological polar surface area (TPSA) is 182 Å². The molecule has 0 radical (unpaired) electrons. The number of methoxy groups -OCH3 is 1. The number of ether oxygens (including phenoxy) is 3. The zero-order valence-electron chi connectivity index (χ0n) is 30.2. The summed E-state index contributed by atoms with van der Waals surface area (Å²) in [5.41, 5.74) is -1.63. The molecule has 2 saturated carbocycles. The molecule has 3 fully saturated rings. The number of carbonyl (C=O) groups is 4. The average Bonchev–Trinajstić information content (AvgIpc) is 4.06. The van der Waals surface area contributed by atoms with Crippen LogP contribution in [0.25, 0.3) is 10.8 Å². The summed E-state index contributed by atoms with van der Waals surface area (Å²) < 4.78 is 44.7. The number of carbonyl (C=O) groups excluding carboxylic acids is 4. The van der Waals surface area contributed by atoms with Gasteiger partial charge in [-0.2, -0.15) is 0 Å². The average molecular weight is 748 g/mol. The van der Waals surface area contributed by atoms with Gasteiger partial charge in [0, 0.05) is 23.9 Å². The van der Waals surface area contributed by atoms with Crippen molar-refractivity contribution in [2.75, 3.05) is 13.7 Å². The number of aromatic nitrogens is 1. The van der Waals surface area contributed by atoms with Gasteiger partial charge < -0.3 is 29.7 Å². The van der Waals surface area contributed by atoms with Crippen molar-refractivity contribution >= 4 is 44.6 Å². The minimum Gasteiger partial charge on any atom is -0.497 e. The Hall–Kier alpha value is -5.18. The molecule has 1 aliphatic heterocycles. The van der Waals surface area contributed by atoms with E-state index in [2.05, 4.69) is 26.9 Å². The lowest BCUT2D eigenvalue weighted by Gasteiger charge is -2.35. The number of nitrogens with zero attached hydrogens (tertiary/aromatic N) is 2. The van der Waals surface area contributed by atoms with Crippen molar-refractivity contribution in [1.82, 2.24) is 25.2 Å².